The average molecular weight is 330 g/mol. The first-order chi connectivity index (χ1) is 10.2. The number of aryl methyl sites for hydroxylation is 1. The molecule has 7 heteroatoms. The Balaban J connectivity index is 2.05. The average Bonchev–Trinajstić information content (AvgIpc) is 2.66. The Labute approximate surface area is 132 Å². The van der Waals surface area contributed by atoms with Gasteiger partial charge in [-0.2, -0.15) is 5.10 Å². The molecule has 1 heterocycles. The number of nitrogens with one attached hydrogen (secondary N) is 1. The van der Waals surface area contributed by atoms with Gasteiger partial charge in [0.15, 0.2) is 0 Å². The standard InChI is InChI=1S/C15H18ClF2N3O/c1-9-14(16)13(20-21(9)3)7-19-8-15(2,22)11-5-4-10(17)6-12(11)18/h4-6,19,22H,7-8H2,1-3H3. The highest BCUT2D eigenvalue weighted by molar-refractivity contribution is 6.31. The molecule has 0 bridgehead atoms. The van der Waals surface area contributed by atoms with Gasteiger partial charge >= 0.3 is 0 Å². The summed E-state index contributed by atoms with van der Waals surface area (Å²) in [5, 5.41) is 18.2. The molecule has 2 N–H and O–H groups in total. The highest BCUT2D eigenvalue weighted by Crippen LogP contribution is 2.24. The van der Waals surface area contributed by atoms with Crippen LogP contribution in [0.15, 0.2) is 18.2 Å². The molecule has 0 amide bonds. The molecule has 2 rings (SSSR count). The zero-order valence-electron chi connectivity index (χ0n) is 12.6. The summed E-state index contributed by atoms with van der Waals surface area (Å²) in [5.74, 6) is -1.46. The Morgan fingerprint density at radius 3 is 2.64 bits per heavy atom. The topological polar surface area (TPSA) is 50.1 Å². The minimum Gasteiger partial charge on any atom is -0.384 e. The second-order valence-corrected chi connectivity index (χ2v) is 5.85. The van der Waals surface area contributed by atoms with Crippen LogP contribution in [-0.4, -0.2) is 21.4 Å². The van der Waals surface area contributed by atoms with Crippen LogP contribution in [0, 0.1) is 18.6 Å². The van der Waals surface area contributed by atoms with Gasteiger partial charge in [-0.05, 0) is 19.9 Å². The zero-order valence-corrected chi connectivity index (χ0v) is 13.4. The van der Waals surface area contributed by atoms with Gasteiger partial charge < -0.3 is 10.4 Å². The fraction of sp³-hybridized carbons (Fsp3) is 0.400. The van der Waals surface area contributed by atoms with E-state index in [1.54, 1.807) is 11.7 Å². The molecule has 0 spiro atoms. The normalized spacial score (nSPS) is 14.1. The Bertz CT molecular complexity index is 686. The Morgan fingerprint density at radius 2 is 2.09 bits per heavy atom. The second kappa shape index (κ2) is 6.32. The summed E-state index contributed by atoms with van der Waals surface area (Å²) in [6.07, 6.45) is 0. The lowest BCUT2D eigenvalue weighted by atomic mass is 9.95. The fourth-order valence-electron chi connectivity index (χ4n) is 2.21. The molecule has 0 radical (unpaired) electrons. The molecule has 0 aliphatic rings. The van der Waals surface area contributed by atoms with Gasteiger partial charge in [-0.25, -0.2) is 8.78 Å². The first kappa shape index (κ1) is 16.9. The van der Waals surface area contributed by atoms with E-state index in [1.165, 1.54) is 13.0 Å². The van der Waals surface area contributed by atoms with Crippen molar-refractivity contribution in [1.29, 1.82) is 0 Å². The molecule has 2 aromatic rings. The van der Waals surface area contributed by atoms with Gasteiger partial charge in [0.2, 0.25) is 0 Å². The molecule has 0 fully saturated rings. The molecule has 22 heavy (non-hydrogen) atoms. The van der Waals surface area contributed by atoms with Gasteiger partial charge in [-0.15, -0.1) is 0 Å². The molecule has 0 saturated carbocycles. The van der Waals surface area contributed by atoms with Crippen molar-refractivity contribution in [3.05, 3.63) is 51.8 Å². The summed E-state index contributed by atoms with van der Waals surface area (Å²) in [4.78, 5) is 0. The van der Waals surface area contributed by atoms with Crippen LogP contribution in [0.3, 0.4) is 0 Å². The maximum atomic E-state index is 13.8. The van der Waals surface area contributed by atoms with Crippen molar-refractivity contribution in [1.82, 2.24) is 15.1 Å². The van der Waals surface area contributed by atoms with E-state index < -0.39 is 17.2 Å². The minimum atomic E-state index is -1.48. The van der Waals surface area contributed by atoms with E-state index in [0.29, 0.717) is 17.3 Å². The first-order valence-corrected chi connectivity index (χ1v) is 7.17. The summed E-state index contributed by atoms with van der Waals surface area (Å²) in [7, 11) is 1.79. The lowest BCUT2D eigenvalue weighted by molar-refractivity contribution is 0.0527. The number of halogens is 3. The van der Waals surface area contributed by atoms with Crippen LogP contribution in [0.2, 0.25) is 5.02 Å². The van der Waals surface area contributed by atoms with Crippen LogP contribution < -0.4 is 5.32 Å². The molecule has 4 nitrogen and oxygen atoms in total. The van der Waals surface area contributed by atoms with Crippen molar-refractivity contribution < 1.29 is 13.9 Å². The zero-order chi connectivity index (χ0) is 16.5. The van der Waals surface area contributed by atoms with Crippen LogP contribution in [0.25, 0.3) is 0 Å². The van der Waals surface area contributed by atoms with Crippen LogP contribution in [0.5, 0.6) is 0 Å². The Morgan fingerprint density at radius 1 is 1.41 bits per heavy atom. The van der Waals surface area contributed by atoms with Crippen molar-refractivity contribution in [2.75, 3.05) is 6.54 Å². The monoisotopic (exact) mass is 329 g/mol. The van der Waals surface area contributed by atoms with Crippen LogP contribution in [0.1, 0.15) is 23.9 Å². The second-order valence-electron chi connectivity index (χ2n) is 5.47. The summed E-state index contributed by atoms with van der Waals surface area (Å²) in [6, 6.07) is 3.11. The maximum Gasteiger partial charge on any atom is 0.132 e. The summed E-state index contributed by atoms with van der Waals surface area (Å²) in [6.45, 7) is 3.71. The van der Waals surface area contributed by atoms with E-state index in [2.05, 4.69) is 10.4 Å². The summed E-state index contributed by atoms with van der Waals surface area (Å²) < 4.78 is 28.3. The lowest BCUT2D eigenvalue weighted by Gasteiger charge is -2.24. The van der Waals surface area contributed by atoms with Gasteiger partial charge in [0.05, 0.1) is 16.4 Å². The van der Waals surface area contributed by atoms with E-state index in [4.69, 9.17) is 11.6 Å². The Kier molecular flexibility index (Phi) is 4.84. The van der Waals surface area contributed by atoms with Crippen molar-refractivity contribution in [2.24, 2.45) is 7.05 Å². The van der Waals surface area contributed by atoms with Crippen molar-refractivity contribution in [3.63, 3.8) is 0 Å². The van der Waals surface area contributed by atoms with E-state index in [9.17, 15) is 13.9 Å². The largest absolute Gasteiger partial charge is 0.384 e. The minimum absolute atomic E-state index is 0.0321. The van der Waals surface area contributed by atoms with E-state index >= 15 is 0 Å². The quantitative estimate of drug-likeness (QED) is 0.886. The highest BCUT2D eigenvalue weighted by atomic mass is 35.5. The SMILES string of the molecule is Cc1c(Cl)c(CNCC(C)(O)c2ccc(F)cc2F)nn1C. The molecule has 0 aliphatic heterocycles. The predicted molar refractivity (Wildman–Crippen MR) is 80.6 cm³/mol. The van der Waals surface area contributed by atoms with Crippen molar-refractivity contribution in [2.45, 2.75) is 26.0 Å². The van der Waals surface area contributed by atoms with Gasteiger partial charge in [0.1, 0.15) is 17.2 Å². The summed E-state index contributed by atoms with van der Waals surface area (Å²) in [5.41, 5.74) is 0.0465. The molecule has 1 aromatic carbocycles. The van der Waals surface area contributed by atoms with Gasteiger partial charge in [0, 0.05) is 31.8 Å². The smallest absolute Gasteiger partial charge is 0.132 e. The number of aliphatic hydroxyl groups is 1. The van der Waals surface area contributed by atoms with Crippen molar-refractivity contribution in [3.8, 4) is 0 Å². The predicted octanol–water partition coefficient (Wildman–Crippen LogP) is 2.66. The number of nitrogens with zero attached hydrogens (tertiary/aromatic N) is 2. The van der Waals surface area contributed by atoms with Crippen molar-refractivity contribution >= 4 is 11.6 Å². The van der Waals surface area contributed by atoms with Gasteiger partial charge in [-0.1, -0.05) is 17.7 Å². The van der Waals surface area contributed by atoms with E-state index in [0.717, 1.165) is 17.8 Å². The van der Waals surface area contributed by atoms with Crippen LogP contribution >= 0.6 is 11.6 Å². The molecule has 1 unspecified atom stereocenters. The molecule has 1 aromatic heterocycles. The van der Waals surface area contributed by atoms with Crippen LogP contribution in [0.4, 0.5) is 8.78 Å². The number of hydrogen-bond acceptors (Lipinski definition) is 3. The number of benzene rings is 1. The molecule has 120 valence electrons. The molecular formula is C15H18ClF2N3O. The Hall–Kier alpha value is -1.50. The number of hydrogen-bond donors (Lipinski definition) is 2. The van der Waals surface area contributed by atoms with Gasteiger partial charge in [0.25, 0.3) is 0 Å². The molecule has 1 atom stereocenters. The third-order valence-corrected chi connectivity index (χ3v) is 4.09. The maximum absolute atomic E-state index is 13.8. The van der Waals surface area contributed by atoms with Gasteiger partial charge in [-0.3, -0.25) is 4.68 Å². The third kappa shape index (κ3) is 3.45. The van der Waals surface area contributed by atoms with E-state index in [-0.39, 0.29) is 12.1 Å². The third-order valence-electron chi connectivity index (χ3n) is 3.60. The molecule has 0 aliphatic carbocycles. The highest BCUT2D eigenvalue weighted by Gasteiger charge is 2.26. The fourth-order valence-corrected chi connectivity index (χ4v) is 2.44. The molecule has 0 saturated heterocycles. The van der Waals surface area contributed by atoms with Crippen LogP contribution in [-0.2, 0) is 19.2 Å². The summed E-state index contributed by atoms with van der Waals surface area (Å²) >= 11 is 6.14. The molecular weight excluding hydrogens is 312 g/mol. The number of aromatic nitrogens is 2. The number of rotatable bonds is 5. The van der Waals surface area contributed by atoms with E-state index in [1.807, 2.05) is 6.92 Å². The first-order valence-electron chi connectivity index (χ1n) is 6.79. The lowest BCUT2D eigenvalue weighted by Crippen LogP contribution is -2.36.